The van der Waals surface area contributed by atoms with Crippen LogP contribution in [0.4, 0.5) is 0 Å². The zero-order valence-corrected chi connectivity index (χ0v) is 9.62. The Balaban J connectivity index is 1.99. The first-order chi connectivity index (χ1) is 7.81. The fraction of sp³-hybridized carbons (Fsp3) is 0.462. The maximum atomic E-state index is 11.8. The lowest BCUT2D eigenvalue weighted by molar-refractivity contribution is -0.123. The second-order valence-corrected chi connectivity index (χ2v) is 4.20. The van der Waals surface area contributed by atoms with Crippen molar-refractivity contribution in [2.24, 2.45) is 0 Å². The van der Waals surface area contributed by atoms with E-state index in [1.807, 2.05) is 12.1 Å². The van der Waals surface area contributed by atoms with Crippen molar-refractivity contribution in [1.82, 2.24) is 10.6 Å². The maximum absolute atomic E-state index is 11.8. The highest BCUT2D eigenvalue weighted by Crippen LogP contribution is 2.16. The molecule has 3 heteroatoms. The molecule has 0 radical (unpaired) electrons. The van der Waals surface area contributed by atoms with Gasteiger partial charge in [0.05, 0.1) is 6.04 Å². The van der Waals surface area contributed by atoms with E-state index in [1.165, 1.54) is 11.1 Å². The molecule has 2 N–H and O–H groups in total. The van der Waals surface area contributed by atoms with E-state index in [9.17, 15) is 4.79 Å². The van der Waals surface area contributed by atoms with Gasteiger partial charge in [-0.15, -0.1) is 0 Å². The topological polar surface area (TPSA) is 41.1 Å². The standard InChI is InChI=1S/C13H18N2O/c1-2-7-14-13(16)12-8-10-5-3-4-6-11(10)9-15-12/h3-6,12,15H,2,7-9H2,1H3,(H,14,16)/t12-/m0/s1. The van der Waals surface area contributed by atoms with Crippen LogP contribution in [0.15, 0.2) is 24.3 Å². The summed E-state index contributed by atoms with van der Waals surface area (Å²) < 4.78 is 0. The van der Waals surface area contributed by atoms with Crippen LogP contribution in [0, 0.1) is 0 Å². The Kier molecular flexibility index (Phi) is 3.57. The number of benzene rings is 1. The van der Waals surface area contributed by atoms with E-state index in [2.05, 4.69) is 29.7 Å². The Morgan fingerprint density at radius 2 is 2.19 bits per heavy atom. The Labute approximate surface area is 96.2 Å². The largest absolute Gasteiger partial charge is 0.355 e. The van der Waals surface area contributed by atoms with E-state index in [4.69, 9.17) is 0 Å². The Bertz CT molecular complexity index is 376. The summed E-state index contributed by atoms with van der Waals surface area (Å²) in [5, 5.41) is 6.20. The number of carbonyl (C=O) groups excluding carboxylic acids is 1. The number of carbonyl (C=O) groups is 1. The fourth-order valence-corrected chi connectivity index (χ4v) is 2.01. The second-order valence-electron chi connectivity index (χ2n) is 4.20. The van der Waals surface area contributed by atoms with Crippen LogP contribution in [0.25, 0.3) is 0 Å². The number of rotatable bonds is 3. The summed E-state index contributed by atoms with van der Waals surface area (Å²) in [6, 6.07) is 8.23. The summed E-state index contributed by atoms with van der Waals surface area (Å²) in [7, 11) is 0. The van der Waals surface area contributed by atoms with E-state index >= 15 is 0 Å². The Morgan fingerprint density at radius 3 is 2.94 bits per heavy atom. The molecule has 0 aromatic heterocycles. The Hall–Kier alpha value is -1.35. The lowest BCUT2D eigenvalue weighted by Crippen LogP contribution is -2.47. The van der Waals surface area contributed by atoms with Gasteiger partial charge < -0.3 is 10.6 Å². The number of fused-ring (bicyclic) bond motifs is 1. The molecule has 0 saturated carbocycles. The summed E-state index contributed by atoms with van der Waals surface area (Å²) in [5.74, 6) is 0.122. The number of nitrogens with one attached hydrogen (secondary N) is 2. The SMILES string of the molecule is CCCNC(=O)[C@@H]1Cc2ccccc2CN1. The van der Waals surface area contributed by atoms with Gasteiger partial charge in [-0.25, -0.2) is 0 Å². The van der Waals surface area contributed by atoms with Crippen LogP contribution < -0.4 is 10.6 Å². The van der Waals surface area contributed by atoms with Gasteiger partial charge >= 0.3 is 0 Å². The average Bonchev–Trinajstić information content (AvgIpc) is 2.35. The maximum Gasteiger partial charge on any atom is 0.237 e. The highest BCUT2D eigenvalue weighted by atomic mass is 16.2. The van der Waals surface area contributed by atoms with Gasteiger partial charge in [0.1, 0.15) is 0 Å². The van der Waals surface area contributed by atoms with Crippen molar-refractivity contribution in [2.75, 3.05) is 6.54 Å². The van der Waals surface area contributed by atoms with Crippen LogP contribution in [0.3, 0.4) is 0 Å². The first kappa shape index (κ1) is 11.1. The molecule has 0 aliphatic carbocycles. The zero-order chi connectivity index (χ0) is 11.4. The third-order valence-corrected chi connectivity index (χ3v) is 2.95. The van der Waals surface area contributed by atoms with Crippen molar-refractivity contribution < 1.29 is 4.79 Å². The fourth-order valence-electron chi connectivity index (χ4n) is 2.01. The molecule has 3 nitrogen and oxygen atoms in total. The molecule has 1 aliphatic heterocycles. The predicted molar refractivity (Wildman–Crippen MR) is 64.1 cm³/mol. The molecular formula is C13H18N2O. The molecule has 1 heterocycles. The van der Waals surface area contributed by atoms with Gasteiger partial charge in [0.2, 0.25) is 5.91 Å². The minimum absolute atomic E-state index is 0.0681. The van der Waals surface area contributed by atoms with Crippen molar-refractivity contribution in [3.8, 4) is 0 Å². The molecule has 0 unspecified atom stereocenters. The van der Waals surface area contributed by atoms with Gasteiger partial charge in [-0.1, -0.05) is 31.2 Å². The average molecular weight is 218 g/mol. The van der Waals surface area contributed by atoms with Gasteiger partial charge in [0, 0.05) is 13.1 Å². The minimum atomic E-state index is -0.0681. The number of hydrogen-bond acceptors (Lipinski definition) is 2. The van der Waals surface area contributed by atoms with Crippen molar-refractivity contribution in [3.63, 3.8) is 0 Å². The van der Waals surface area contributed by atoms with Gasteiger partial charge in [0.15, 0.2) is 0 Å². The highest BCUT2D eigenvalue weighted by Gasteiger charge is 2.22. The third-order valence-electron chi connectivity index (χ3n) is 2.95. The quantitative estimate of drug-likeness (QED) is 0.801. The molecule has 0 saturated heterocycles. The number of amides is 1. The molecule has 86 valence electrons. The molecule has 2 rings (SSSR count). The smallest absolute Gasteiger partial charge is 0.237 e. The molecule has 16 heavy (non-hydrogen) atoms. The molecule has 0 fully saturated rings. The minimum Gasteiger partial charge on any atom is -0.355 e. The Morgan fingerprint density at radius 1 is 1.44 bits per heavy atom. The van der Waals surface area contributed by atoms with Crippen molar-refractivity contribution in [2.45, 2.75) is 32.4 Å². The van der Waals surface area contributed by atoms with Crippen molar-refractivity contribution >= 4 is 5.91 Å². The lowest BCUT2D eigenvalue weighted by Gasteiger charge is -2.25. The van der Waals surface area contributed by atoms with E-state index in [-0.39, 0.29) is 11.9 Å². The zero-order valence-electron chi connectivity index (χ0n) is 9.62. The van der Waals surface area contributed by atoms with E-state index in [1.54, 1.807) is 0 Å². The molecule has 1 atom stereocenters. The van der Waals surface area contributed by atoms with Crippen LogP contribution in [0.1, 0.15) is 24.5 Å². The monoisotopic (exact) mass is 218 g/mol. The summed E-state index contributed by atoms with van der Waals surface area (Å²) >= 11 is 0. The number of hydrogen-bond donors (Lipinski definition) is 2. The first-order valence-electron chi connectivity index (χ1n) is 5.89. The molecule has 1 aromatic rings. The molecule has 0 bridgehead atoms. The van der Waals surface area contributed by atoms with E-state index in [0.29, 0.717) is 0 Å². The third kappa shape index (κ3) is 2.42. The molecule has 1 aromatic carbocycles. The lowest BCUT2D eigenvalue weighted by atomic mass is 9.95. The van der Waals surface area contributed by atoms with Gasteiger partial charge in [-0.3, -0.25) is 4.79 Å². The van der Waals surface area contributed by atoms with Crippen LogP contribution >= 0.6 is 0 Å². The van der Waals surface area contributed by atoms with Crippen molar-refractivity contribution in [3.05, 3.63) is 35.4 Å². The normalized spacial score (nSPS) is 18.9. The first-order valence-corrected chi connectivity index (χ1v) is 5.89. The molecular weight excluding hydrogens is 200 g/mol. The molecule has 0 spiro atoms. The highest BCUT2D eigenvalue weighted by molar-refractivity contribution is 5.82. The predicted octanol–water partition coefficient (Wildman–Crippen LogP) is 1.23. The van der Waals surface area contributed by atoms with Crippen molar-refractivity contribution in [1.29, 1.82) is 0 Å². The summed E-state index contributed by atoms with van der Waals surface area (Å²) in [4.78, 5) is 11.8. The van der Waals surface area contributed by atoms with E-state index < -0.39 is 0 Å². The van der Waals surface area contributed by atoms with Crippen LogP contribution in [0.2, 0.25) is 0 Å². The van der Waals surface area contributed by atoms with Crippen LogP contribution in [-0.4, -0.2) is 18.5 Å². The van der Waals surface area contributed by atoms with Crippen LogP contribution in [-0.2, 0) is 17.8 Å². The molecule has 1 aliphatic rings. The molecule has 1 amide bonds. The van der Waals surface area contributed by atoms with Gasteiger partial charge in [-0.2, -0.15) is 0 Å². The summed E-state index contributed by atoms with van der Waals surface area (Å²) in [5.41, 5.74) is 2.60. The second kappa shape index (κ2) is 5.12. The van der Waals surface area contributed by atoms with E-state index in [0.717, 1.165) is 25.9 Å². The van der Waals surface area contributed by atoms with Gasteiger partial charge in [-0.05, 0) is 24.0 Å². The van der Waals surface area contributed by atoms with Crippen LogP contribution in [0.5, 0.6) is 0 Å². The summed E-state index contributed by atoms with van der Waals surface area (Å²) in [6.07, 6.45) is 1.78. The summed E-state index contributed by atoms with van der Waals surface area (Å²) in [6.45, 7) is 3.61. The van der Waals surface area contributed by atoms with Gasteiger partial charge in [0.25, 0.3) is 0 Å².